The fourth-order valence-electron chi connectivity index (χ4n) is 1.60. The summed E-state index contributed by atoms with van der Waals surface area (Å²) in [7, 11) is 0. The number of benzene rings is 1. The number of hydrogen-bond donors (Lipinski definition) is 1. The van der Waals surface area contributed by atoms with Crippen LogP contribution in [0, 0.1) is 0 Å². The lowest BCUT2D eigenvalue weighted by Crippen LogP contribution is -2.21. The van der Waals surface area contributed by atoms with Crippen molar-refractivity contribution in [1.29, 1.82) is 0 Å². The second-order valence-corrected chi connectivity index (χ2v) is 4.91. The van der Waals surface area contributed by atoms with Gasteiger partial charge in [-0.15, -0.1) is 0 Å². The van der Waals surface area contributed by atoms with Gasteiger partial charge in [-0.2, -0.15) is 0 Å². The molecule has 0 aliphatic rings. The zero-order chi connectivity index (χ0) is 13.4. The largest absolute Gasteiger partial charge is 0.491 e. The molecule has 1 N–H and O–H groups in total. The van der Waals surface area contributed by atoms with Crippen LogP contribution in [0.15, 0.2) is 24.3 Å². The van der Waals surface area contributed by atoms with Crippen molar-refractivity contribution in [2.75, 3.05) is 13.2 Å². The molecule has 18 heavy (non-hydrogen) atoms. The second kappa shape index (κ2) is 8.11. The van der Waals surface area contributed by atoms with E-state index in [0.717, 1.165) is 25.4 Å². The summed E-state index contributed by atoms with van der Waals surface area (Å²) in [6.45, 7) is 10.6. The van der Waals surface area contributed by atoms with Crippen LogP contribution < -0.4 is 10.1 Å². The van der Waals surface area contributed by atoms with Gasteiger partial charge in [0.05, 0.1) is 18.8 Å². The van der Waals surface area contributed by atoms with Crippen LogP contribution in [0.1, 0.15) is 33.3 Å². The maximum absolute atomic E-state index is 5.66. The first-order valence-corrected chi connectivity index (χ1v) is 6.66. The van der Waals surface area contributed by atoms with E-state index >= 15 is 0 Å². The summed E-state index contributed by atoms with van der Waals surface area (Å²) in [4.78, 5) is 0. The lowest BCUT2D eigenvalue weighted by Gasteiger charge is -2.12. The third kappa shape index (κ3) is 6.62. The fraction of sp³-hybridized carbons (Fsp3) is 0.600. The van der Waals surface area contributed by atoms with E-state index in [-0.39, 0.29) is 6.10 Å². The van der Waals surface area contributed by atoms with Crippen LogP contribution in [0.3, 0.4) is 0 Å². The molecule has 0 aliphatic heterocycles. The van der Waals surface area contributed by atoms with Gasteiger partial charge < -0.3 is 14.8 Å². The van der Waals surface area contributed by atoms with E-state index in [2.05, 4.69) is 17.4 Å². The minimum absolute atomic E-state index is 0.215. The summed E-state index contributed by atoms with van der Waals surface area (Å²) in [6, 6.07) is 8.20. The highest BCUT2D eigenvalue weighted by molar-refractivity contribution is 5.28. The molecule has 0 bridgehead atoms. The Morgan fingerprint density at radius 2 is 1.89 bits per heavy atom. The monoisotopic (exact) mass is 251 g/mol. The minimum Gasteiger partial charge on any atom is -0.491 e. The topological polar surface area (TPSA) is 30.5 Å². The van der Waals surface area contributed by atoms with Crippen LogP contribution in [0.5, 0.6) is 5.75 Å². The standard InChI is InChI=1S/C15H25NO2/c1-12(2)17-9-8-16-11-14-6-5-7-15(10-14)18-13(3)4/h5-7,10,12-13,16H,8-9,11H2,1-4H3. The Bertz CT molecular complexity index is 337. The zero-order valence-electron chi connectivity index (χ0n) is 11.9. The van der Waals surface area contributed by atoms with Gasteiger partial charge in [0.25, 0.3) is 0 Å². The van der Waals surface area contributed by atoms with Crippen molar-refractivity contribution < 1.29 is 9.47 Å². The van der Waals surface area contributed by atoms with Crippen LogP contribution >= 0.6 is 0 Å². The van der Waals surface area contributed by atoms with E-state index in [4.69, 9.17) is 9.47 Å². The van der Waals surface area contributed by atoms with Crippen molar-refractivity contribution in [3.63, 3.8) is 0 Å². The lowest BCUT2D eigenvalue weighted by molar-refractivity contribution is 0.0807. The van der Waals surface area contributed by atoms with Crippen molar-refractivity contribution >= 4 is 0 Å². The van der Waals surface area contributed by atoms with Crippen molar-refractivity contribution in [2.45, 2.75) is 46.4 Å². The van der Waals surface area contributed by atoms with Gasteiger partial charge in [-0.1, -0.05) is 12.1 Å². The third-order valence-electron chi connectivity index (χ3n) is 2.33. The van der Waals surface area contributed by atoms with E-state index in [1.807, 2.05) is 39.8 Å². The van der Waals surface area contributed by atoms with Crippen LogP contribution in [-0.2, 0) is 11.3 Å². The van der Waals surface area contributed by atoms with Gasteiger partial charge in [-0.3, -0.25) is 0 Å². The average Bonchev–Trinajstić information content (AvgIpc) is 2.27. The second-order valence-electron chi connectivity index (χ2n) is 4.91. The summed E-state index contributed by atoms with van der Waals surface area (Å²) in [5.74, 6) is 0.933. The van der Waals surface area contributed by atoms with Gasteiger partial charge in [0.1, 0.15) is 5.75 Å². The molecule has 0 heterocycles. The van der Waals surface area contributed by atoms with E-state index < -0.39 is 0 Å². The van der Waals surface area contributed by atoms with Crippen LogP contribution in [0.25, 0.3) is 0 Å². The summed E-state index contributed by atoms with van der Waals surface area (Å²) in [6.07, 6.45) is 0.516. The number of rotatable bonds is 8. The SMILES string of the molecule is CC(C)OCCNCc1cccc(OC(C)C)c1. The van der Waals surface area contributed by atoms with E-state index in [9.17, 15) is 0 Å². The summed E-state index contributed by atoms with van der Waals surface area (Å²) in [5, 5.41) is 3.36. The molecule has 0 amide bonds. The highest BCUT2D eigenvalue weighted by Crippen LogP contribution is 2.14. The zero-order valence-corrected chi connectivity index (χ0v) is 11.9. The van der Waals surface area contributed by atoms with Gasteiger partial charge in [-0.25, -0.2) is 0 Å². The summed E-state index contributed by atoms with van der Waals surface area (Å²) < 4.78 is 11.1. The quantitative estimate of drug-likeness (QED) is 0.720. The highest BCUT2D eigenvalue weighted by Gasteiger charge is 1.99. The Balaban J connectivity index is 2.29. The Morgan fingerprint density at radius 1 is 1.11 bits per heavy atom. The Labute approximate surface area is 110 Å². The first-order valence-electron chi connectivity index (χ1n) is 6.66. The molecular formula is C15H25NO2. The Kier molecular flexibility index (Phi) is 6.76. The molecule has 1 aromatic rings. The molecule has 0 aromatic heterocycles. The molecule has 102 valence electrons. The van der Waals surface area contributed by atoms with Gasteiger partial charge in [0, 0.05) is 13.1 Å². The van der Waals surface area contributed by atoms with Crippen LogP contribution in [0.4, 0.5) is 0 Å². The predicted molar refractivity (Wildman–Crippen MR) is 75.0 cm³/mol. The number of ether oxygens (including phenoxy) is 2. The van der Waals surface area contributed by atoms with Crippen molar-refractivity contribution in [2.24, 2.45) is 0 Å². The van der Waals surface area contributed by atoms with Crippen molar-refractivity contribution in [3.8, 4) is 5.75 Å². The maximum atomic E-state index is 5.66. The molecular weight excluding hydrogens is 226 g/mol. The predicted octanol–water partition coefficient (Wildman–Crippen LogP) is 2.99. The minimum atomic E-state index is 0.215. The van der Waals surface area contributed by atoms with E-state index in [1.165, 1.54) is 5.56 Å². The van der Waals surface area contributed by atoms with Gasteiger partial charge in [0.2, 0.25) is 0 Å². The Morgan fingerprint density at radius 3 is 2.56 bits per heavy atom. The average molecular weight is 251 g/mol. The van der Waals surface area contributed by atoms with Crippen molar-refractivity contribution in [1.82, 2.24) is 5.32 Å². The molecule has 0 unspecified atom stereocenters. The Hall–Kier alpha value is -1.06. The first kappa shape index (κ1) is 15.0. The van der Waals surface area contributed by atoms with E-state index in [1.54, 1.807) is 0 Å². The molecule has 0 spiro atoms. The third-order valence-corrected chi connectivity index (χ3v) is 2.33. The van der Waals surface area contributed by atoms with Gasteiger partial charge in [-0.05, 0) is 45.4 Å². The highest BCUT2D eigenvalue weighted by atomic mass is 16.5. The van der Waals surface area contributed by atoms with Crippen LogP contribution in [0.2, 0.25) is 0 Å². The fourth-order valence-corrected chi connectivity index (χ4v) is 1.60. The summed E-state index contributed by atoms with van der Waals surface area (Å²) in [5.41, 5.74) is 1.23. The molecule has 0 saturated carbocycles. The van der Waals surface area contributed by atoms with Gasteiger partial charge >= 0.3 is 0 Å². The summed E-state index contributed by atoms with van der Waals surface area (Å²) >= 11 is 0. The molecule has 0 fully saturated rings. The molecule has 0 radical (unpaired) electrons. The molecule has 1 rings (SSSR count). The van der Waals surface area contributed by atoms with E-state index in [0.29, 0.717) is 6.10 Å². The normalized spacial score (nSPS) is 11.2. The molecule has 3 nitrogen and oxygen atoms in total. The number of nitrogens with one attached hydrogen (secondary N) is 1. The first-order chi connectivity index (χ1) is 8.58. The smallest absolute Gasteiger partial charge is 0.120 e. The molecule has 0 atom stereocenters. The number of hydrogen-bond acceptors (Lipinski definition) is 3. The maximum Gasteiger partial charge on any atom is 0.120 e. The van der Waals surface area contributed by atoms with Crippen molar-refractivity contribution in [3.05, 3.63) is 29.8 Å². The molecule has 0 aliphatic carbocycles. The lowest BCUT2D eigenvalue weighted by atomic mass is 10.2. The molecule has 0 saturated heterocycles. The van der Waals surface area contributed by atoms with Crippen LogP contribution in [-0.4, -0.2) is 25.4 Å². The van der Waals surface area contributed by atoms with Gasteiger partial charge in [0.15, 0.2) is 0 Å². The molecule has 3 heteroatoms. The molecule has 1 aromatic carbocycles.